The standard InChI is InChI=1S/C23H23N3O4/c1-13-18(27)12-17(14-8-10-16(30-2)11-9-14)23(19(13)15-6-4-3-5-7-15)20(24)25-22(29)26-21(23)28/h3-11,13,17,19H,12H2,1-2H3,(H3,24,25,26,28,29)/t13-,17+,19-,23?/m0/s1. The number of nitrogens with zero attached hydrogens (tertiary/aromatic N) is 1. The Bertz CT molecular complexity index is 1030. The Morgan fingerprint density at radius 2 is 1.70 bits per heavy atom. The molecule has 7 heteroatoms. The van der Waals surface area contributed by atoms with Crippen LogP contribution in [0, 0.1) is 11.3 Å². The maximum Gasteiger partial charge on any atom is 0.349 e. The summed E-state index contributed by atoms with van der Waals surface area (Å²) >= 11 is 0. The number of aliphatic imine (C=N–C) groups is 1. The topological polar surface area (TPSA) is 111 Å². The highest BCUT2D eigenvalue weighted by atomic mass is 16.5. The van der Waals surface area contributed by atoms with Crippen molar-refractivity contribution in [3.63, 3.8) is 0 Å². The van der Waals surface area contributed by atoms with Gasteiger partial charge in [0, 0.05) is 24.2 Å². The Morgan fingerprint density at radius 3 is 2.30 bits per heavy atom. The van der Waals surface area contributed by atoms with Crippen molar-refractivity contribution in [1.29, 1.82) is 0 Å². The van der Waals surface area contributed by atoms with Crippen LogP contribution in [0.5, 0.6) is 5.75 Å². The number of ether oxygens (including phenoxy) is 1. The predicted octanol–water partition coefficient (Wildman–Crippen LogP) is 2.76. The molecule has 1 aliphatic heterocycles. The molecular weight excluding hydrogens is 382 g/mol. The van der Waals surface area contributed by atoms with E-state index in [-0.39, 0.29) is 18.0 Å². The number of benzene rings is 2. The molecule has 0 radical (unpaired) electrons. The summed E-state index contributed by atoms with van der Waals surface area (Å²) in [6.45, 7) is 1.81. The number of imide groups is 1. The summed E-state index contributed by atoms with van der Waals surface area (Å²) in [5.74, 6) is -1.49. The van der Waals surface area contributed by atoms with E-state index in [2.05, 4.69) is 10.3 Å². The number of ketones is 1. The summed E-state index contributed by atoms with van der Waals surface area (Å²) in [5.41, 5.74) is 6.58. The van der Waals surface area contributed by atoms with Gasteiger partial charge in [0.25, 0.3) is 0 Å². The van der Waals surface area contributed by atoms with E-state index in [0.717, 1.165) is 11.1 Å². The Balaban J connectivity index is 1.98. The van der Waals surface area contributed by atoms with Crippen LogP contribution in [0.2, 0.25) is 0 Å². The zero-order valence-corrected chi connectivity index (χ0v) is 16.8. The molecule has 2 aromatic rings. The van der Waals surface area contributed by atoms with Gasteiger partial charge in [-0.2, -0.15) is 4.99 Å². The lowest BCUT2D eigenvalue weighted by Crippen LogP contribution is -2.64. The fourth-order valence-corrected chi connectivity index (χ4v) is 4.96. The first kappa shape index (κ1) is 19.8. The maximum absolute atomic E-state index is 13.5. The molecule has 0 bridgehead atoms. The average Bonchev–Trinajstić information content (AvgIpc) is 2.74. The number of Topliss-reactive ketones (excluding diaryl/α,β-unsaturated/α-hetero) is 1. The molecule has 1 aliphatic carbocycles. The number of hydrogen-bond acceptors (Lipinski definition) is 5. The molecule has 4 rings (SSSR count). The van der Waals surface area contributed by atoms with Crippen LogP contribution in [-0.4, -0.2) is 30.7 Å². The number of urea groups is 1. The minimum absolute atomic E-state index is 0.0350. The monoisotopic (exact) mass is 405 g/mol. The number of nitrogens with two attached hydrogens (primary N) is 1. The second-order valence-electron chi connectivity index (χ2n) is 7.80. The molecular formula is C23H23N3O4. The number of carbonyl (C=O) groups excluding carboxylic acids is 3. The first-order chi connectivity index (χ1) is 14.4. The highest BCUT2D eigenvalue weighted by Crippen LogP contribution is 2.57. The van der Waals surface area contributed by atoms with Gasteiger partial charge in [-0.05, 0) is 23.3 Å². The van der Waals surface area contributed by atoms with E-state index in [1.165, 1.54) is 0 Å². The minimum atomic E-state index is -1.36. The molecule has 2 aromatic carbocycles. The summed E-state index contributed by atoms with van der Waals surface area (Å²) in [4.78, 5) is 42.5. The van der Waals surface area contributed by atoms with Crippen LogP contribution in [0.3, 0.4) is 0 Å². The van der Waals surface area contributed by atoms with Gasteiger partial charge >= 0.3 is 6.03 Å². The quantitative estimate of drug-likeness (QED) is 0.816. The van der Waals surface area contributed by atoms with Crippen molar-refractivity contribution in [3.05, 3.63) is 65.7 Å². The molecule has 154 valence electrons. The minimum Gasteiger partial charge on any atom is -0.497 e. The Labute approximate surface area is 174 Å². The zero-order valence-electron chi connectivity index (χ0n) is 16.8. The molecule has 30 heavy (non-hydrogen) atoms. The van der Waals surface area contributed by atoms with Crippen molar-refractivity contribution in [2.75, 3.05) is 7.11 Å². The second-order valence-corrected chi connectivity index (χ2v) is 7.80. The number of amides is 3. The van der Waals surface area contributed by atoms with Gasteiger partial charge in [-0.15, -0.1) is 0 Å². The fraction of sp³-hybridized carbons (Fsp3) is 0.304. The van der Waals surface area contributed by atoms with Crippen molar-refractivity contribution < 1.29 is 19.1 Å². The molecule has 3 amide bonds. The number of hydrogen-bond donors (Lipinski definition) is 2. The molecule has 0 saturated heterocycles. The van der Waals surface area contributed by atoms with Gasteiger partial charge in [0.1, 0.15) is 22.8 Å². The van der Waals surface area contributed by atoms with Gasteiger partial charge in [-0.1, -0.05) is 49.4 Å². The number of rotatable bonds is 3. The molecule has 1 saturated carbocycles. The van der Waals surface area contributed by atoms with E-state index in [0.29, 0.717) is 5.75 Å². The molecule has 1 heterocycles. The number of nitrogens with one attached hydrogen (secondary N) is 1. The van der Waals surface area contributed by atoms with Crippen molar-refractivity contribution in [1.82, 2.24) is 5.32 Å². The third-order valence-electron chi connectivity index (χ3n) is 6.37. The van der Waals surface area contributed by atoms with Crippen molar-refractivity contribution >= 4 is 23.6 Å². The Morgan fingerprint density at radius 1 is 1.03 bits per heavy atom. The van der Waals surface area contributed by atoms with Crippen LogP contribution in [0.1, 0.15) is 36.3 Å². The van der Waals surface area contributed by atoms with Gasteiger partial charge < -0.3 is 10.5 Å². The lowest BCUT2D eigenvalue weighted by molar-refractivity contribution is -0.136. The van der Waals surface area contributed by atoms with Crippen LogP contribution in [0.15, 0.2) is 59.6 Å². The van der Waals surface area contributed by atoms with E-state index >= 15 is 0 Å². The van der Waals surface area contributed by atoms with Crippen LogP contribution >= 0.6 is 0 Å². The predicted molar refractivity (Wildman–Crippen MR) is 111 cm³/mol. The summed E-state index contributed by atoms with van der Waals surface area (Å²) in [6, 6.07) is 15.8. The maximum atomic E-state index is 13.5. The number of amidine groups is 1. The third-order valence-corrected chi connectivity index (χ3v) is 6.37. The van der Waals surface area contributed by atoms with Crippen LogP contribution in [0.25, 0.3) is 0 Å². The Hall–Kier alpha value is -3.48. The SMILES string of the molecule is COc1ccc([C@H]2CC(=O)[C@H](C)[C@@H](c3ccccc3)C23C(=O)NC(=O)N=C3N)cc1. The number of methoxy groups -OCH3 is 1. The van der Waals surface area contributed by atoms with Crippen LogP contribution < -0.4 is 15.8 Å². The van der Waals surface area contributed by atoms with E-state index in [1.807, 2.05) is 49.4 Å². The van der Waals surface area contributed by atoms with Gasteiger partial charge in [0.2, 0.25) is 5.91 Å². The average molecular weight is 405 g/mol. The van der Waals surface area contributed by atoms with Gasteiger partial charge in [-0.3, -0.25) is 14.9 Å². The molecule has 0 aromatic heterocycles. The van der Waals surface area contributed by atoms with E-state index in [9.17, 15) is 14.4 Å². The lowest BCUT2D eigenvalue weighted by atomic mass is 9.51. The molecule has 4 atom stereocenters. The summed E-state index contributed by atoms with van der Waals surface area (Å²) in [7, 11) is 1.57. The molecule has 3 N–H and O–H groups in total. The normalized spacial score (nSPS) is 28.8. The number of carbonyl (C=O) groups is 3. The van der Waals surface area contributed by atoms with Gasteiger partial charge in [0.05, 0.1) is 7.11 Å². The highest BCUT2D eigenvalue weighted by Gasteiger charge is 2.62. The molecule has 1 fully saturated rings. The fourth-order valence-electron chi connectivity index (χ4n) is 4.96. The lowest BCUT2D eigenvalue weighted by Gasteiger charge is -2.50. The Kier molecular flexibility index (Phi) is 4.89. The third kappa shape index (κ3) is 2.89. The summed E-state index contributed by atoms with van der Waals surface area (Å²) in [5, 5.41) is 2.35. The van der Waals surface area contributed by atoms with Crippen molar-refractivity contribution in [2.45, 2.75) is 25.2 Å². The van der Waals surface area contributed by atoms with Crippen LogP contribution in [0.4, 0.5) is 4.79 Å². The molecule has 2 aliphatic rings. The van der Waals surface area contributed by atoms with Crippen molar-refractivity contribution in [2.24, 2.45) is 22.1 Å². The van der Waals surface area contributed by atoms with Crippen molar-refractivity contribution in [3.8, 4) is 5.75 Å². The summed E-state index contributed by atoms with van der Waals surface area (Å²) < 4.78 is 5.24. The van der Waals surface area contributed by atoms with E-state index in [1.54, 1.807) is 19.2 Å². The first-order valence-electron chi connectivity index (χ1n) is 9.81. The largest absolute Gasteiger partial charge is 0.497 e. The highest BCUT2D eigenvalue weighted by molar-refractivity contribution is 6.20. The second kappa shape index (κ2) is 7.40. The smallest absolute Gasteiger partial charge is 0.349 e. The molecule has 1 spiro atoms. The molecule has 7 nitrogen and oxygen atoms in total. The van der Waals surface area contributed by atoms with E-state index < -0.39 is 35.1 Å². The molecule has 1 unspecified atom stereocenters. The summed E-state index contributed by atoms with van der Waals surface area (Å²) in [6.07, 6.45) is 0.120. The van der Waals surface area contributed by atoms with Gasteiger partial charge in [-0.25, -0.2) is 4.79 Å². The van der Waals surface area contributed by atoms with Gasteiger partial charge in [0.15, 0.2) is 0 Å². The van der Waals surface area contributed by atoms with E-state index in [4.69, 9.17) is 10.5 Å². The zero-order chi connectivity index (χ0) is 21.5. The van der Waals surface area contributed by atoms with Crippen LogP contribution in [-0.2, 0) is 9.59 Å². The first-order valence-corrected chi connectivity index (χ1v) is 9.81.